The standard InChI is InChI=1S/C10H9F3N3OS/c1-7(5-18(17)16-6-14)8-2-3-9(15-4-8)10(11,12)13/h2-4,7H,5H2,1H3/q-1/t7-,18+/m0/s1. The molecule has 2 atom stereocenters. The van der Waals surface area contributed by atoms with Gasteiger partial charge in [0, 0.05) is 6.20 Å². The lowest BCUT2D eigenvalue weighted by Crippen LogP contribution is -2.10. The Labute approximate surface area is 104 Å². The Morgan fingerprint density at radius 1 is 1.56 bits per heavy atom. The number of nitriles is 1. The van der Waals surface area contributed by atoms with E-state index in [1.54, 1.807) is 6.92 Å². The number of rotatable bonds is 3. The molecule has 0 aliphatic carbocycles. The topological polar surface area (TPSA) is 72.1 Å². The average Bonchev–Trinajstić information content (AvgIpc) is 2.28. The molecule has 0 unspecified atom stereocenters. The number of pyridine rings is 1. The smallest absolute Gasteiger partial charge is 0.433 e. The quantitative estimate of drug-likeness (QED) is 0.796. The first kappa shape index (κ1) is 14.6. The van der Waals surface area contributed by atoms with E-state index < -0.39 is 22.8 Å². The number of nitrogens with zero attached hydrogens (tertiary/aromatic N) is 3. The molecule has 0 fully saturated rings. The minimum Gasteiger partial charge on any atom is -0.788 e. The Hall–Kier alpha value is -1.46. The number of alkyl halides is 3. The summed E-state index contributed by atoms with van der Waals surface area (Å²) in [4.78, 5) is 3.30. The summed E-state index contributed by atoms with van der Waals surface area (Å²) < 4.78 is 51.1. The molecule has 0 radical (unpaired) electrons. The summed E-state index contributed by atoms with van der Waals surface area (Å²) >= 11 is 0. The van der Waals surface area contributed by atoms with Gasteiger partial charge in [0.25, 0.3) is 0 Å². The van der Waals surface area contributed by atoms with Gasteiger partial charge in [-0.05, 0) is 23.3 Å². The van der Waals surface area contributed by atoms with Crippen molar-refractivity contribution < 1.29 is 17.7 Å². The van der Waals surface area contributed by atoms with Crippen LogP contribution in [0.5, 0.6) is 0 Å². The van der Waals surface area contributed by atoms with E-state index >= 15 is 0 Å². The fourth-order valence-electron chi connectivity index (χ4n) is 1.26. The van der Waals surface area contributed by atoms with Crippen LogP contribution in [0.15, 0.2) is 22.7 Å². The second kappa shape index (κ2) is 5.93. The third-order valence-electron chi connectivity index (χ3n) is 2.18. The lowest BCUT2D eigenvalue weighted by molar-refractivity contribution is -0.141. The van der Waals surface area contributed by atoms with Crippen LogP contribution in [0, 0.1) is 11.5 Å². The molecule has 18 heavy (non-hydrogen) atoms. The van der Waals surface area contributed by atoms with Crippen molar-refractivity contribution in [3.05, 3.63) is 29.6 Å². The summed E-state index contributed by atoms with van der Waals surface area (Å²) in [5, 5.41) is 8.20. The predicted molar refractivity (Wildman–Crippen MR) is 58.7 cm³/mol. The Bertz CT molecular complexity index is 479. The average molecular weight is 276 g/mol. The maximum absolute atomic E-state index is 12.3. The molecule has 0 bridgehead atoms. The van der Waals surface area contributed by atoms with Crippen LogP contribution in [0.3, 0.4) is 0 Å². The third-order valence-corrected chi connectivity index (χ3v) is 3.25. The second-order valence-electron chi connectivity index (χ2n) is 3.56. The van der Waals surface area contributed by atoms with Gasteiger partial charge in [0.2, 0.25) is 6.19 Å². The fraction of sp³-hybridized carbons (Fsp3) is 0.400. The van der Waals surface area contributed by atoms with Crippen molar-refractivity contribution in [3.8, 4) is 6.19 Å². The van der Waals surface area contributed by atoms with Gasteiger partial charge in [-0.2, -0.15) is 33.8 Å². The molecule has 4 nitrogen and oxygen atoms in total. The highest BCUT2D eigenvalue weighted by atomic mass is 32.2. The van der Waals surface area contributed by atoms with Gasteiger partial charge in [0.15, 0.2) is 0 Å². The van der Waals surface area contributed by atoms with Crippen LogP contribution in [-0.4, -0.2) is 15.3 Å². The zero-order chi connectivity index (χ0) is 13.8. The monoisotopic (exact) mass is 276 g/mol. The van der Waals surface area contributed by atoms with Gasteiger partial charge in [0.1, 0.15) is 5.69 Å². The van der Waals surface area contributed by atoms with Crippen molar-refractivity contribution in [2.75, 3.05) is 5.75 Å². The van der Waals surface area contributed by atoms with Crippen LogP contribution in [0.25, 0.3) is 0 Å². The summed E-state index contributed by atoms with van der Waals surface area (Å²) in [5.74, 6) is -0.224. The molecule has 1 aromatic heterocycles. The summed E-state index contributed by atoms with van der Waals surface area (Å²) in [6, 6.07) is 2.15. The molecule has 1 heterocycles. The van der Waals surface area contributed by atoms with E-state index in [2.05, 4.69) is 9.35 Å². The van der Waals surface area contributed by atoms with Gasteiger partial charge in [-0.1, -0.05) is 13.0 Å². The first-order valence-electron chi connectivity index (χ1n) is 4.86. The van der Waals surface area contributed by atoms with E-state index in [9.17, 15) is 17.7 Å². The molecule has 98 valence electrons. The molecule has 1 aromatic rings. The third kappa shape index (κ3) is 4.09. The number of aromatic nitrogens is 1. The summed E-state index contributed by atoms with van der Waals surface area (Å²) in [6.45, 7) is 1.68. The molecule has 0 N–H and O–H groups in total. The Morgan fingerprint density at radius 2 is 2.22 bits per heavy atom. The molecular weight excluding hydrogens is 267 g/mol. The highest BCUT2D eigenvalue weighted by Crippen LogP contribution is 2.28. The minimum atomic E-state index is -4.47. The van der Waals surface area contributed by atoms with Crippen molar-refractivity contribution >= 4 is 11.0 Å². The van der Waals surface area contributed by atoms with E-state index in [1.165, 1.54) is 12.3 Å². The van der Waals surface area contributed by atoms with Crippen LogP contribution in [0.2, 0.25) is 0 Å². The highest BCUT2D eigenvalue weighted by molar-refractivity contribution is 7.81. The van der Waals surface area contributed by atoms with Crippen LogP contribution in [0.1, 0.15) is 24.1 Å². The van der Waals surface area contributed by atoms with Gasteiger partial charge in [0.05, 0.1) is 0 Å². The minimum absolute atomic E-state index is 0.0700. The molecule has 0 saturated heterocycles. The normalized spacial score (nSPS) is 15.1. The number of halogens is 3. The Balaban J connectivity index is 2.80. The van der Waals surface area contributed by atoms with Crippen molar-refractivity contribution in [2.24, 2.45) is 4.36 Å². The molecule has 0 saturated carbocycles. The molecule has 1 rings (SSSR count). The maximum Gasteiger partial charge on any atom is 0.433 e. The SMILES string of the molecule is C[C@@H](C[S@@]([O-])=NC#N)c1ccc(C(F)(F)F)nc1. The van der Waals surface area contributed by atoms with Crippen LogP contribution in [0.4, 0.5) is 13.2 Å². The molecule has 0 spiro atoms. The molecule has 8 heteroatoms. The van der Waals surface area contributed by atoms with E-state index in [4.69, 9.17) is 5.26 Å². The molecule has 0 aliphatic rings. The molecule has 0 aromatic carbocycles. The predicted octanol–water partition coefficient (Wildman–Crippen LogP) is 2.62. The second-order valence-corrected chi connectivity index (χ2v) is 4.71. The van der Waals surface area contributed by atoms with E-state index in [-0.39, 0.29) is 11.7 Å². The van der Waals surface area contributed by atoms with Gasteiger partial charge in [-0.25, -0.2) is 0 Å². The first-order valence-corrected chi connectivity index (χ1v) is 6.13. The van der Waals surface area contributed by atoms with Crippen molar-refractivity contribution in [1.82, 2.24) is 4.98 Å². The number of hydrogen-bond donors (Lipinski definition) is 0. The van der Waals surface area contributed by atoms with Crippen molar-refractivity contribution in [2.45, 2.75) is 19.0 Å². The van der Waals surface area contributed by atoms with Gasteiger partial charge >= 0.3 is 6.18 Å². The summed E-state index contributed by atoms with van der Waals surface area (Å²) in [5.41, 5.74) is -0.453. The lowest BCUT2D eigenvalue weighted by Gasteiger charge is -2.17. The largest absolute Gasteiger partial charge is 0.788 e. The fourth-order valence-corrected chi connectivity index (χ4v) is 2.04. The molecular formula is C10H9F3N3OS-. The summed E-state index contributed by atoms with van der Waals surface area (Å²) in [6.07, 6.45) is -1.96. The van der Waals surface area contributed by atoms with Crippen LogP contribution < -0.4 is 0 Å². The number of hydrogen-bond acceptors (Lipinski definition) is 4. The van der Waals surface area contributed by atoms with Crippen LogP contribution >= 0.6 is 0 Å². The highest BCUT2D eigenvalue weighted by Gasteiger charge is 2.32. The Kier molecular flexibility index (Phi) is 4.81. The van der Waals surface area contributed by atoms with Crippen LogP contribution in [-0.2, 0) is 17.1 Å². The zero-order valence-electron chi connectivity index (χ0n) is 9.31. The summed E-state index contributed by atoms with van der Waals surface area (Å²) in [7, 11) is -1.66. The lowest BCUT2D eigenvalue weighted by atomic mass is 10.1. The maximum atomic E-state index is 12.3. The van der Waals surface area contributed by atoms with E-state index in [1.807, 2.05) is 0 Å². The zero-order valence-corrected chi connectivity index (χ0v) is 10.1. The van der Waals surface area contributed by atoms with Gasteiger partial charge in [-0.3, -0.25) is 4.98 Å². The van der Waals surface area contributed by atoms with Crippen molar-refractivity contribution in [3.63, 3.8) is 0 Å². The van der Waals surface area contributed by atoms with Crippen molar-refractivity contribution in [1.29, 1.82) is 5.26 Å². The first-order chi connectivity index (χ1) is 8.34. The van der Waals surface area contributed by atoms with Gasteiger partial charge in [-0.15, -0.1) is 0 Å². The van der Waals surface area contributed by atoms with E-state index in [0.717, 1.165) is 12.3 Å². The van der Waals surface area contributed by atoms with Gasteiger partial charge < -0.3 is 4.55 Å². The molecule has 0 amide bonds. The molecule has 0 aliphatic heterocycles. The van der Waals surface area contributed by atoms with E-state index in [0.29, 0.717) is 5.56 Å². The Morgan fingerprint density at radius 3 is 2.67 bits per heavy atom.